The molecule has 0 saturated heterocycles. The van der Waals surface area contributed by atoms with E-state index in [-0.39, 0.29) is 0 Å². The van der Waals surface area contributed by atoms with Crippen molar-refractivity contribution in [3.8, 4) is 0 Å². The van der Waals surface area contributed by atoms with Crippen molar-refractivity contribution >= 4 is 0 Å². The molecule has 174 valence electrons. The van der Waals surface area contributed by atoms with Gasteiger partial charge in [0, 0.05) is 0 Å². The highest BCUT2D eigenvalue weighted by atomic mass is 15.6. The molecule has 1 aromatic rings. The van der Waals surface area contributed by atoms with Gasteiger partial charge in [-0.3, -0.25) is 0 Å². The van der Waals surface area contributed by atoms with Crippen LogP contribution in [0.15, 0.2) is 0 Å². The van der Waals surface area contributed by atoms with Crippen LogP contribution in [0.25, 0.3) is 0 Å². The fraction of sp³-hybridized carbons (Fsp3) is 0.963. The molecule has 9 atom stereocenters. The first kappa shape index (κ1) is 21.9. The smallest absolute Gasteiger partial charge is 0.164 e. The van der Waals surface area contributed by atoms with E-state index in [1.54, 1.807) is 6.42 Å². The number of nitrogens with zero attached hydrogens (tertiary/aromatic N) is 4. The van der Waals surface area contributed by atoms with Crippen LogP contribution in [0.1, 0.15) is 104 Å². The van der Waals surface area contributed by atoms with Crippen LogP contribution in [-0.4, -0.2) is 20.2 Å². The summed E-state index contributed by atoms with van der Waals surface area (Å²) in [6.45, 7) is 13.1. The lowest BCUT2D eigenvalue weighted by molar-refractivity contribution is -0.122. The summed E-state index contributed by atoms with van der Waals surface area (Å²) < 4.78 is 0. The van der Waals surface area contributed by atoms with Crippen LogP contribution >= 0.6 is 0 Å². The van der Waals surface area contributed by atoms with E-state index in [2.05, 4.69) is 43.1 Å². The van der Waals surface area contributed by atoms with Gasteiger partial charge in [-0.2, -0.15) is 4.80 Å². The molecular formula is C27H46N4. The van der Waals surface area contributed by atoms with E-state index in [0.29, 0.717) is 16.7 Å². The lowest BCUT2D eigenvalue weighted by atomic mass is 9.44. The zero-order valence-electron chi connectivity index (χ0n) is 20.8. The number of aryl methyl sites for hydroxylation is 1. The first-order valence-electron chi connectivity index (χ1n) is 13.6. The molecule has 3 unspecified atom stereocenters. The highest BCUT2D eigenvalue weighted by Crippen LogP contribution is 2.68. The predicted octanol–water partition coefficient (Wildman–Crippen LogP) is 6.69. The summed E-state index contributed by atoms with van der Waals surface area (Å²) >= 11 is 0. The second-order valence-corrected chi connectivity index (χ2v) is 12.7. The molecule has 4 saturated carbocycles. The Morgan fingerprint density at radius 1 is 1.00 bits per heavy atom. The van der Waals surface area contributed by atoms with Gasteiger partial charge in [-0.05, 0) is 122 Å². The zero-order valence-corrected chi connectivity index (χ0v) is 20.8. The van der Waals surface area contributed by atoms with Gasteiger partial charge in [-0.1, -0.05) is 40.5 Å². The fourth-order valence-corrected chi connectivity index (χ4v) is 9.78. The van der Waals surface area contributed by atoms with Crippen LogP contribution in [0.4, 0.5) is 0 Å². The molecule has 5 rings (SSSR count). The highest BCUT2D eigenvalue weighted by Gasteiger charge is 2.60. The summed E-state index contributed by atoms with van der Waals surface area (Å²) in [6.07, 6.45) is 16.3. The lowest BCUT2D eigenvalue weighted by Gasteiger charge is -2.61. The van der Waals surface area contributed by atoms with E-state index >= 15 is 0 Å². The molecule has 0 N–H and O–H groups in total. The van der Waals surface area contributed by atoms with Crippen LogP contribution < -0.4 is 0 Å². The number of fused-ring (bicyclic) bond motifs is 5. The Balaban J connectivity index is 1.31. The maximum Gasteiger partial charge on any atom is 0.171 e. The van der Waals surface area contributed by atoms with E-state index in [1.165, 1.54) is 64.2 Å². The van der Waals surface area contributed by atoms with Gasteiger partial charge in [0.2, 0.25) is 0 Å². The molecule has 0 spiro atoms. The molecule has 4 heteroatoms. The molecule has 4 aliphatic carbocycles. The summed E-state index contributed by atoms with van der Waals surface area (Å²) in [7, 11) is 0. The molecular weight excluding hydrogens is 380 g/mol. The predicted molar refractivity (Wildman–Crippen MR) is 125 cm³/mol. The van der Waals surface area contributed by atoms with E-state index < -0.39 is 0 Å². The van der Waals surface area contributed by atoms with Gasteiger partial charge in [0.15, 0.2) is 5.82 Å². The number of tetrazole rings is 1. The molecule has 0 aliphatic heterocycles. The van der Waals surface area contributed by atoms with Gasteiger partial charge in [-0.25, -0.2) is 0 Å². The monoisotopic (exact) mass is 426 g/mol. The molecule has 1 heterocycles. The van der Waals surface area contributed by atoms with E-state index in [0.717, 1.165) is 47.9 Å². The fourth-order valence-electron chi connectivity index (χ4n) is 9.78. The number of rotatable bonds is 5. The Bertz CT molecular complexity index is 773. The maximum absolute atomic E-state index is 4.48. The summed E-state index contributed by atoms with van der Waals surface area (Å²) in [5, 5.41) is 12.8. The number of aromatic nitrogens is 4. The third-order valence-electron chi connectivity index (χ3n) is 11.2. The Morgan fingerprint density at radius 3 is 2.52 bits per heavy atom. The number of hydrogen-bond donors (Lipinski definition) is 0. The lowest BCUT2D eigenvalue weighted by Crippen LogP contribution is -2.53. The van der Waals surface area contributed by atoms with Crippen LogP contribution in [-0.2, 0) is 6.54 Å². The highest BCUT2D eigenvalue weighted by molar-refractivity contribution is 5.09. The minimum absolute atomic E-state index is 0.527. The Morgan fingerprint density at radius 2 is 1.77 bits per heavy atom. The first-order chi connectivity index (χ1) is 14.8. The molecule has 0 radical (unpaired) electrons. The van der Waals surface area contributed by atoms with E-state index in [4.69, 9.17) is 0 Å². The van der Waals surface area contributed by atoms with Crippen LogP contribution in [0.5, 0.6) is 0 Å². The minimum atomic E-state index is 0.527. The molecule has 0 amide bonds. The first-order valence-corrected chi connectivity index (χ1v) is 13.6. The quantitative estimate of drug-likeness (QED) is 0.526. The standard InChI is InChI=1S/C27H46N4/c1-6-7-20-12-14-26(4)21(16-20)8-9-22-24-11-10-23(27(24,5)15-13-25(22)26)18(2)17-31-29-19(3)28-30-31/h18,20-25H,6-17H2,1-5H3/t18-,20+,21-,22+,23?,24?,25?,26+,27-/m1/s1. The molecule has 0 bridgehead atoms. The van der Waals surface area contributed by atoms with Gasteiger partial charge in [0.05, 0.1) is 6.54 Å². The Hall–Kier alpha value is -0.930. The molecule has 4 fully saturated rings. The molecule has 0 aromatic carbocycles. The molecule has 4 aliphatic rings. The maximum atomic E-state index is 4.48. The third kappa shape index (κ3) is 3.59. The minimum Gasteiger partial charge on any atom is -0.164 e. The van der Waals surface area contributed by atoms with Crippen molar-refractivity contribution in [2.24, 2.45) is 52.3 Å². The second kappa shape index (κ2) is 8.13. The normalized spacial score (nSPS) is 45.6. The van der Waals surface area contributed by atoms with Crippen molar-refractivity contribution in [3.63, 3.8) is 0 Å². The van der Waals surface area contributed by atoms with Crippen molar-refractivity contribution in [1.82, 2.24) is 20.2 Å². The Kier molecular flexibility index (Phi) is 5.74. The van der Waals surface area contributed by atoms with Crippen molar-refractivity contribution in [2.75, 3.05) is 0 Å². The van der Waals surface area contributed by atoms with E-state index in [1.807, 2.05) is 11.7 Å². The topological polar surface area (TPSA) is 43.6 Å². The summed E-state index contributed by atoms with van der Waals surface area (Å²) in [6, 6.07) is 0. The molecule has 31 heavy (non-hydrogen) atoms. The van der Waals surface area contributed by atoms with Crippen molar-refractivity contribution in [3.05, 3.63) is 5.82 Å². The van der Waals surface area contributed by atoms with Gasteiger partial charge in [0.25, 0.3) is 0 Å². The molecule has 1 aromatic heterocycles. The van der Waals surface area contributed by atoms with Gasteiger partial charge in [-0.15, -0.1) is 10.2 Å². The number of hydrogen-bond acceptors (Lipinski definition) is 3. The third-order valence-corrected chi connectivity index (χ3v) is 11.2. The van der Waals surface area contributed by atoms with Crippen molar-refractivity contribution in [2.45, 2.75) is 112 Å². The zero-order chi connectivity index (χ0) is 21.8. The average Bonchev–Trinajstić information content (AvgIpc) is 3.30. The van der Waals surface area contributed by atoms with Crippen molar-refractivity contribution < 1.29 is 0 Å². The largest absolute Gasteiger partial charge is 0.171 e. The van der Waals surface area contributed by atoms with Gasteiger partial charge in [0.1, 0.15) is 0 Å². The van der Waals surface area contributed by atoms with Crippen LogP contribution in [0.3, 0.4) is 0 Å². The van der Waals surface area contributed by atoms with E-state index in [9.17, 15) is 0 Å². The van der Waals surface area contributed by atoms with Gasteiger partial charge < -0.3 is 0 Å². The summed E-state index contributed by atoms with van der Waals surface area (Å²) in [5.41, 5.74) is 1.17. The summed E-state index contributed by atoms with van der Waals surface area (Å²) in [5.74, 6) is 7.23. The van der Waals surface area contributed by atoms with Crippen molar-refractivity contribution in [1.29, 1.82) is 0 Å². The SMILES string of the molecule is CCC[C@H]1CC[C@]2(C)C3CC[C@@]4(C)C(CCC4[C@H](C)Cn4nnc(C)n4)[C@@H]3CC[C@@H]2C1. The second-order valence-electron chi connectivity index (χ2n) is 12.7. The van der Waals surface area contributed by atoms with Gasteiger partial charge >= 0.3 is 0 Å². The average molecular weight is 427 g/mol. The Labute approximate surface area is 190 Å². The van der Waals surface area contributed by atoms with Crippen LogP contribution in [0.2, 0.25) is 0 Å². The van der Waals surface area contributed by atoms with Crippen LogP contribution in [0, 0.1) is 59.2 Å². The summed E-state index contributed by atoms with van der Waals surface area (Å²) in [4.78, 5) is 1.85. The molecule has 4 nitrogen and oxygen atoms in total.